The fourth-order valence-electron chi connectivity index (χ4n) is 4.42. The van der Waals surface area contributed by atoms with Crippen LogP contribution in [0.3, 0.4) is 0 Å². The lowest BCUT2D eigenvalue weighted by molar-refractivity contribution is 0.0689. The van der Waals surface area contributed by atoms with Crippen LogP contribution in [0.1, 0.15) is 45.5 Å². The molecule has 0 aliphatic carbocycles. The highest BCUT2D eigenvalue weighted by molar-refractivity contribution is 6.01. The Hall–Kier alpha value is -4.08. The average Bonchev–Trinajstić information content (AvgIpc) is 3.54. The molecule has 0 fully saturated rings. The summed E-state index contributed by atoms with van der Waals surface area (Å²) in [5.74, 6) is -0.212. The summed E-state index contributed by atoms with van der Waals surface area (Å²) < 4.78 is 30.2. The highest BCUT2D eigenvalue weighted by Gasteiger charge is 2.37. The summed E-state index contributed by atoms with van der Waals surface area (Å²) in [5, 5.41) is 8.83. The fraction of sp³-hybridized carbons (Fsp3) is 0.182. The van der Waals surface area contributed by atoms with Crippen LogP contribution in [0.25, 0.3) is 11.0 Å². The molecule has 1 amide bonds. The number of nitrogens with one attached hydrogen (secondary N) is 1. The second-order valence-electron chi connectivity index (χ2n) is 7.67. The van der Waals surface area contributed by atoms with Crippen LogP contribution < -0.4 is 0 Å². The first kappa shape index (κ1) is 18.7. The highest BCUT2D eigenvalue weighted by Crippen LogP contribution is 2.36. The van der Waals surface area contributed by atoms with E-state index < -0.39 is 12.5 Å². The third-order valence-corrected chi connectivity index (χ3v) is 5.91. The molecule has 0 saturated carbocycles. The number of fused-ring (bicyclic) bond motifs is 3. The molecule has 1 N–H and O–H groups in total. The summed E-state index contributed by atoms with van der Waals surface area (Å²) in [7, 11) is 0. The molecule has 5 aromatic heterocycles. The van der Waals surface area contributed by atoms with Gasteiger partial charge in [-0.25, -0.2) is 22.8 Å². The van der Waals surface area contributed by atoms with Crippen molar-refractivity contribution in [1.29, 1.82) is 0 Å². The van der Waals surface area contributed by atoms with Crippen LogP contribution in [-0.4, -0.2) is 46.5 Å². The van der Waals surface area contributed by atoms with Crippen molar-refractivity contribution in [2.24, 2.45) is 0 Å². The van der Waals surface area contributed by atoms with Gasteiger partial charge in [-0.2, -0.15) is 10.2 Å². The van der Waals surface area contributed by atoms with E-state index in [0.29, 0.717) is 41.0 Å². The van der Waals surface area contributed by atoms with Crippen LogP contribution in [0.4, 0.5) is 8.78 Å². The Bertz CT molecular complexity index is 1470. The first-order valence-electron chi connectivity index (χ1n) is 10.1. The number of rotatable bonds is 3. The lowest BCUT2D eigenvalue weighted by atomic mass is 9.98. The van der Waals surface area contributed by atoms with E-state index in [0.717, 1.165) is 5.69 Å². The number of alkyl halides is 2. The third kappa shape index (κ3) is 2.72. The van der Waals surface area contributed by atoms with Gasteiger partial charge in [-0.05, 0) is 30.3 Å². The van der Waals surface area contributed by atoms with Crippen molar-refractivity contribution in [2.75, 3.05) is 6.54 Å². The van der Waals surface area contributed by atoms with Crippen molar-refractivity contribution in [1.82, 2.24) is 34.1 Å². The van der Waals surface area contributed by atoms with E-state index in [4.69, 9.17) is 0 Å². The van der Waals surface area contributed by atoms with Crippen molar-refractivity contribution < 1.29 is 13.6 Å². The molecule has 5 aromatic rings. The van der Waals surface area contributed by atoms with Gasteiger partial charge in [0.05, 0.1) is 40.5 Å². The van der Waals surface area contributed by atoms with Gasteiger partial charge in [0.25, 0.3) is 12.3 Å². The van der Waals surface area contributed by atoms with Gasteiger partial charge in [-0.3, -0.25) is 4.79 Å². The first-order chi connectivity index (χ1) is 15.6. The van der Waals surface area contributed by atoms with E-state index in [1.807, 2.05) is 18.2 Å². The van der Waals surface area contributed by atoms with Crippen LogP contribution >= 0.6 is 0 Å². The zero-order valence-electron chi connectivity index (χ0n) is 16.7. The fourth-order valence-corrected chi connectivity index (χ4v) is 4.42. The van der Waals surface area contributed by atoms with Crippen LogP contribution in [0.2, 0.25) is 0 Å². The quantitative estimate of drug-likeness (QED) is 0.473. The number of hydrogen-bond acceptors (Lipinski definition) is 4. The lowest BCUT2D eigenvalue weighted by Gasteiger charge is -2.33. The molecule has 8 nitrogen and oxygen atoms in total. The summed E-state index contributed by atoms with van der Waals surface area (Å²) in [6, 6.07) is 9.45. The average molecular weight is 433 g/mol. The Kier molecular flexibility index (Phi) is 4.07. The maximum Gasteiger partial charge on any atom is 0.265 e. The highest BCUT2D eigenvalue weighted by atomic mass is 19.3. The number of amides is 1. The van der Waals surface area contributed by atoms with Gasteiger partial charge < -0.3 is 9.88 Å². The number of imidazole rings is 1. The third-order valence-electron chi connectivity index (χ3n) is 5.91. The number of H-pyrrole nitrogens is 1. The molecule has 6 rings (SSSR count). The van der Waals surface area contributed by atoms with E-state index >= 15 is 0 Å². The molecular formula is C22H17F2N7O. The van der Waals surface area contributed by atoms with E-state index in [2.05, 4.69) is 20.2 Å². The minimum absolute atomic E-state index is 0.107. The number of aromatic nitrogens is 6. The predicted octanol–water partition coefficient (Wildman–Crippen LogP) is 3.43. The monoisotopic (exact) mass is 433 g/mol. The second-order valence-corrected chi connectivity index (χ2v) is 7.67. The summed E-state index contributed by atoms with van der Waals surface area (Å²) in [5.41, 5.74) is 3.42. The molecule has 32 heavy (non-hydrogen) atoms. The van der Waals surface area contributed by atoms with Crippen LogP contribution in [0, 0.1) is 0 Å². The molecule has 1 aliphatic heterocycles. The summed E-state index contributed by atoms with van der Waals surface area (Å²) in [6.45, 7) is 0.429. The minimum Gasteiger partial charge on any atom is -0.348 e. The maximum absolute atomic E-state index is 13.7. The molecule has 0 spiro atoms. The molecular weight excluding hydrogens is 416 g/mol. The number of halogens is 2. The van der Waals surface area contributed by atoms with Gasteiger partial charge in [0, 0.05) is 36.6 Å². The van der Waals surface area contributed by atoms with E-state index in [1.165, 1.54) is 16.6 Å². The van der Waals surface area contributed by atoms with Crippen molar-refractivity contribution in [3.05, 3.63) is 89.5 Å². The van der Waals surface area contributed by atoms with Crippen molar-refractivity contribution >= 4 is 16.9 Å². The molecule has 0 bridgehead atoms. The molecule has 10 heteroatoms. The van der Waals surface area contributed by atoms with Crippen molar-refractivity contribution in [2.45, 2.75) is 18.9 Å². The number of hydrogen-bond donors (Lipinski definition) is 1. The first-order valence-corrected chi connectivity index (χ1v) is 10.1. The van der Waals surface area contributed by atoms with Crippen molar-refractivity contribution in [3.8, 4) is 0 Å². The van der Waals surface area contributed by atoms with E-state index in [1.54, 1.807) is 40.4 Å². The summed E-state index contributed by atoms with van der Waals surface area (Å²) in [4.78, 5) is 22.9. The topological polar surface area (TPSA) is 83.6 Å². The number of carbonyl (C=O) groups excluding carboxylic acids is 1. The number of nitrogens with zero attached hydrogens (tertiary/aromatic N) is 6. The minimum atomic E-state index is -2.63. The Morgan fingerprint density at radius 2 is 2.00 bits per heavy atom. The normalized spacial score (nSPS) is 16.2. The van der Waals surface area contributed by atoms with Crippen LogP contribution in [0.15, 0.2) is 61.3 Å². The molecule has 6 heterocycles. The zero-order valence-corrected chi connectivity index (χ0v) is 16.7. The Morgan fingerprint density at radius 3 is 2.88 bits per heavy atom. The molecule has 0 unspecified atom stereocenters. The Labute approximate surface area is 180 Å². The number of aromatic amines is 1. The van der Waals surface area contributed by atoms with Gasteiger partial charge in [-0.15, -0.1) is 0 Å². The maximum atomic E-state index is 13.7. The van der Waals surface area contributed by atoms with Gasteiger partial charge in [0.15, 0.2) is 0 Å². The van der Waals surface area contributed by atoms with Gasteiger partial charge in [0.1, 0.15) is 6.04 Å². The van der Waals surface area contributed by atoms with E-state index in [9.17, 15) is 13.6 Å². The second kappa shape index (κ2) is 6.98. The molecule has 0 saturated heterocycles. The van der Waals surface area contributed by atoms with Gasteiger partial charge in [0.2, 0.25) is 0 Å². The zero-order chi connectivity index (χ0) is 21.8. The largest absolute Gasteiger partial charge is 0.348 e. The van der Waals surface area contributed by atoms with Gasteiger partial charge >= 0.3 is 0 Å². The van der Waals surface area contributed by atoms with Crippen LogP contribution in [0.5, 0.6) is 0 Å². The smallest absolute Gasteiger partial charge is 0.265 e. The van der Waals surface area contributed by atoms with E-state index in [-0.39, 0.29) is 11.5 Å². The summed E-state index contributed by atoms with van der Waals surface area (Å²) >= 11 is 0. The Balaban J connectivity index is 1.50. The Morgan fingerprint density at radius 1 is 1.12 bits per heavy atom. The molecule has 1 aliphatic rings. The van der Waals surface area contributed by atoms with Gasteiger partial charge in [-0.1, -0.05) is 6.07 Å². The molecule has 160 valence electrons. The predicted molar refractivity (Wildman–Crippen MR) is 111 cm³/mol. The summed E-state index contributed by atoms with van der Waals surface area (Å²) in [6.07, 6.45) is 4.50. The standard InChI is InChI=1S/C22H17F2N7O/c23-21(24)13-4-3-8-31-18(13)10-16(28-31)20-19-15(25-12-26-19)6-9-29(20)22(32)14-11-27-30-7-2-1-5-17(14)30/h1-5,7-8,10-12,20-21H,6,9H2,(H,25,26)/t20-/m1/s1. The van der Waals surface area contributed by atoms with Crippen LogP contribution in [-0.2, 0) is 6.42 Å². The molecule has 0 radical (unpaired) electrons. The number of pyridine rings is 2. The van der Waals surface area contributed by atoms with Crippen molar-refractivity contribution in [3.63, 3.8) is 0 Å². The SMILES string of the molecule is O=C(c1cnn2ccccc12)N1CCc2[nH]cnc2[C@H]1c1cc2c(C(F)F)cccn2n1. The number of carbonyl (C=O) groups is 1. The molecule has 0 aromatic carbocycles. The lowest BCUT2D eigenvalue weighted by Crippen LogP contribution is -2.41. The molecule has 1 atom stereocenters.